The van der Waals surface area contributed by atoms with Gasteiger partial charge in [-0.2, -0.15) is 11.8 Å². The molecule has 1 rings (SSSR count). The van der Waals surface area contributed by atoms with Crippen molar-refractivity contribution in [1.82, 2.24) is 10.6 Å². The third-order valence-electron chi connectivity index (χ3n) is 4.79. The van der Waals surface area contributed by atoms with E-state index in [1.807, 2.05) is 11.8 Å². The number of hydrogen-bond donors (Lipinski definition) is 4. The van der Waals surface area contributed by atoms with Crippen molar-refractivity contribution in [3.63, 3.8) is 0 Å². The maximum absolute atomic E-state index is 11.2. The molecular weight excluding hydrogens is 422 g/mol. The fourth-order valence-corrected chi connectivity index (χ4v) is 4.46. The van der Waals surface area contributed by atoms with Crippen LogP contribution in [0.15, 0.2) is 5.16 Å². The van der Waals surface area contributed by atoms with Crippen molar-refractivity contribution in [2.45, 2.75) is 43.0 Å². The standard InChI is InChI=1S/C20H41N5O5S/c1-23-30-15-19(26)25-8-10-28-12-14-29-13-11-27-9-7-24-6-4-2-3-5-18-20(22)17(21)16-31-18/h17-18,20,24H,1-16,21-22H2,(H,25,26). The van der Waals surface area contributed by atoms with E-state index in [0.29, 0.717) is 51.4 Å². The maximum Gasteiger partial charge on any atom is 0.260 e. The highest BCUT2D eigenvalue weighted by molar-refractivity contribution is 8.00. The van der Waals surface area contributed by atoms with Gasteiger partial charge in [-0.1, -0.05) is 12.8 Å². The van der Waals surface area contributed by atoms with E-state index in [1.54, 1.807) is 0 Å². The molecule has 0 spiro atoms. The number of carbonyl (C=O) groups is 1. The van der Waals surface area contributed by atoms with E-state index in [1.165, 1.54) is 25.7 Å². The van der Waals surface area contributed by atoms with Crippen LogP contribution in [0.1, 0.15) is 25.7 Å². The maximum atomic E-state index is 11.2. The van der Waals surface area contributed by atoms with E-state index in [4.69, 9.17) is 25.7 Å². The Labute approximate surface area is 190 Å². The first-order chi connectivity index (χ1) is 15.1. The van der Waals surface area contributed by atoms with Crippen LogP contribution < -0.4 is 22.1 Å². The Hall–Kier alpha value is -0.950. The molecule has 0 aromatic carbocycles. The number of thioether (sulfide) groups is 1. The molecule has 1 aliphatic rings. The normalized spacial score (nSPS) is 20.6. The van der Waals surface area contributed by atoms with Crippen molar-refractivity contribution < 1.29 is 23.8 Å². The van der Waals surface area contributed by atoms with Crippen LogP contribution in [0.4, 0.5) is 0 Å². The van der Waals surface area contributed by atoms with Gasteiger partial charge in [0.05, 0.1) is 39.6 Å². The Balaban J connectivity index is 1.70. The molecule has 0 saturated carbocycles. The van der Waals surface area contributed by atoms with Crippen LogP contribution in [0, 0.1) is 0 Å². The third kappa shape index (κ3) is 15.5. The molecular formula is C20H41N5O5S. The summed E-state index contributed by atoms with van der Waals surface area (Å²) < 4.78 is 16.3. The van der Waals surface area contributed by atoms with Crippen LogP contribution in [0.25, 0.3) is 0 Å². The summed E-state index contributed by atoms with van der Waals surface area (Å²) in [7, 11) is 0. The molecule has 182 valence electrons. The van der Waals surface area contributed by atoms with Crippen LogP contribution >= 0.6 is 11.8 Å². The summed E-state index contributed by atoms with van der Waals surface area (Å²) in [5.74, 6) is 0.743. The number of ether oxygens (including phenoxy) is 3. The lowest BCUT2D eigenvalue weighted by molar-refractivity contribution is -0.125. The summed E-state index contributed by atoms with van der Waals surface area (Å²) in [5, 5.41) is 9.71. The lowest BCUT2D eigenvalue weighted by atomic mass is 10.0. The van der Waals surface area contributed by atoms with E-state index < -0.39 is 0 Å². The molecule has 0 aliphatic carbocycles. The molecule has 1 heterocycles. The number of carbonyl (C=O) groups excluding carboxylic acids is 1. The predicted molar refractivity (Wildman–Crippen MR) is 125 cm³/mol. The largest absolute Gasteiger partial charge is 0.386 e. The number of nitrogens with one attached hydrogen (secondary N) is 2. The van der Waals surface area contributed by atoms with Gasteiger partial charge in [-0.3, -0.25) is 4.79 Å². The molecule has 3 unspecified atom stereocenters. The first kappa shape index (κ1) is 28.1. The molecule has 3 atom stereocenters. The highest BCUT2D eigenvalue weighted by Gasteiger charge is 2.30. The molecule has 6 N–H and O–H groups in total. The highest BCUT2D eigenvalue weighted by Crippen LogP contribution is 2.28. The second kappa shape index (κ2) is 19.7. The predicted octanol–water partition coefficient (Wildman–Crippen LogP) is -0.295. The molecule has 0 radical (unpaired) electrons. The Bertz CT molecular complexity index is 464. The molecule has 31 heavy (non-hydrogen) atoms. The molecule has 11 heteroatoms. The van der Waals surface area contributed by atoms with Gasteiger partial charge in [0.25, 0.3) is 5.91 Å². The topological polar surface area (TPSA) is 142 Å². The van der Waals surface area contributed by atoms with Gasteiger partial charge in [-0.05, 0) is 19.4 Å². The summed E-state index contributed by atoms with van der Waals surface area (Å²) in [6.07, 6.45) is 4.78. The van der Waals surface area contributed by atoms with Crippen molar-refractivity contribution >= 4 is 24.4 Å². The van der Waals surface area contributed by atoms with E-state index in [9.17, 15) is 4.79 Å². The van der Waals surface area contributed by atoms with Crippen LogP contribution in [0.3, 0.4) is 0 Å². The minimum absolute atomic E-state index is 0.132. The molecule has 1 amide bonds. The van der Waals surface area contributed by atoms with Gasteiger partial charge in [0, 0.05) is 42.9 Å². The minimum Gasteiger partial charge on any atom is -0.386 e. The number of unbranched alkanes of at least 4 members (excludes halogenated alkanes) is 2. The zero-order chi connectivity index (χ0) is 22.6. The van der Waals surface area contributed by atoms with E-state index in [2.05, 4.69) is 27.3 Å². The lowest BCUT2D eigenvalue weighted by Gasteiger charge is -2.16. The third-order valence-corrected chi connectivity index (χ3v) is 6.35. The number of rotatable bonds is 21. The number of nitrogens with zero attached hydrogens (tertiary/aromatic N) is 1. The van der Waals surface area contributed by atoms with Crippen molar-refractivity contribution in [2.75, 3.05) is 71.6 Å². The van der Waals surface area contributed by atoms with Gasteiger partial charge in [0.1, 0.15) is 0 Å². The zero-order valence-electron chi connectivity index (χ0n) is 18.6. The van der Waals surface area contributed by atoms with Gasteiger partial charge in [0.2, 0.25) is 0 Å². The number of oxime groups is 1. The van der Waals surface area contributed by atoms with Crippen LogP contribution in [-0.4, -0.2) is 102 Å². The summed E-state index contributed by atoms with van der Waals surface area (Å²) in [4.78, 5) is 15.7. The Kier molecular flexibility index (Phi) is 17.9. The Morgan fingerprint density at radius 2 is 1.65 bits per heavy atom. The van der Waals surface area contributed by atoms with Crippen LogP contribution in [0.5, 0.6) is 0 Å². The average Bonchev–Trinajstić information content (AvgIpc) is 3.09. The first-order valence-corrected chi connectivity index (χ1v) is 12.1. The zero-order valence-corrected chi connectivity index (χ0v) is 19.4. The van der Waals surface area contributed by atoms with Crippen molar-refractivity contribution in [3.05, 3.63) is 0 Å². The van der Waals surface area contributed by atoms with E-state index >= 15 is 0 Å². The van der Waals surface area contributed by atoms with Gasteiger partial charge >= 0.3 is 0 Å². The molecule has 1 saturated heterocycles. The number of nitrogens with two attached hydrogens (primary N) is 2. The minimum atomic E-state index is -0.256. The second-order valence-electron chi connectivity index (χ2n) is 7.30. The molecule has 0 aromatic rings. The Morgan fingerprint density at radius 3 is 2.29 bits per heavy atom. The second-order valence-corrected chi connectivity index (χ2v) is 8.57. The summed E-state index contributed by atoms with van der Waals surface area (Å²) in [6.45, 7) is 8.43. The van der Waals surface area contributed by atoms with E-state index in [-0.39, 0.29) is 24.6 Å². The van der Waals surface area contributed by atoms with Crippen molar-refractivity contribution in [3.8, 4) is 0 Å². The van der Waals surface area contributed by atoms with E-state index in [0.717, 1.165) is 18.8 Å². The molecule has 0 aromatic heterocycles. The summed E-state index contributed by atoms with van der Waals surface area (Å²) in [6, 6.07) is 0.334. The first-order valence-electron chi connectivity index (χ1n) is 11.1. The summed E-state index contributed by atoms with van der Waals surface area (Å²) in [5.41, 5.74) is 12.1. The molecule has 1 fully saturated rings. The molecule has 10 nitrogen and oxygen atoms in total. The number of amides is 1. The SMILES string of the molecule is C=NOCC(=O)NCCOCCOCCOCCNCCCCCC1SCC(N)C1N. The highest BCUT2D eigenvalue weighted by atomic mass is 32.2. The fraction of sp³-hybridized carbons (Fsp3) is 0.900. The summed E-state index contributed by atoms with van der Waals surface area (Å²) >= 11 is 1.93. The van der Waals surface area contributed by atoms with Gasteiger partial charge in [-0.25, -0.2) is 0 Å². The lowest BCUT2D eigenvalue weighted by Crippen LogP contribution is -2.43. The van der Waals surface area contributed by atoms with Gasteiger partial charge in [-0.15, -0.1) is 5.16 Å². The number of hydrogen-bond acceptors (Lipinski definition) is 10. The quantitative estimate of drug-likeness (QED) is 0.103. The average molecular weight is 464 g/mol. The van der Waals surface area contributed by atoms with Crippen LogP contribution in [-0.2, 0) is 23.8 Å². The smallest absolute Gasteiger partial charge is 0.260 e. The Morgan fingerprint density at radius 1 is 0.968 bits per heavy atom. The monoisotopic (exact) mass is 463 g/mol. The van der Waals surface area contributed by atoms with Gasteiger partial charge in [0.15, 0.2) is 6.61 Å². The molecule has 0 bridgehead atoms. The molecule has 1 aliphatic heterocycles. The van der Waals surface area contributed by atoms with Crippen molar-refractivity contribution in [1.29, 1.82) is 0 Å². The fourth-order valence-electron chi connectivity index (χ4n) is 3.01. The van der Waals surface area contributed by atoms with Crippen molar-refractivity contribution in [2.24, 2.45) is 16.6 Å². The van der Waals surface area contributed by atoms with Gasteiger partial charge < -0.3 is 41.1 Å². The van der Waals surface area contributed by atoms with Crippen LogP contribution in [0.2, 0.25) is 0 Å².